The van der Waals surface area contributed by atoms with Crippen molar-refractivity contribution >= 4 is 12.0 Å². The van der Waals surface area contributed by atoms with Crippen LogP contribution >= 0.6 is 0 Å². The van der Waals surface area contributed by atoms with Crippen LogP contribution in [0, 0.1) is 0 Å². The molecule has 5 heteroatoms. The second-order valence-corrected chi connectivity index (χ2v) is 6.08. The third-order valence-corrected chi connectivity index (χ3v) is 4.40. The van der Waals surface area contributed by atoms with Crippen LogP contribution in [0.1, 0.15) is 36.6 Å². The van der Waals surface area contributed by atoms with E-state index >= 15 is 0 Å². The fourth-order valence-electron chi connectivity index (χ4n) is 2.81. The number of ether oxygens (including phenoxy) is 3. The summed E-state index contributed by atoms with van der Waals surface area (Å²) in [7, 11) is 4.66. The molecular weight excluding hydrogens is 342 g/mol. The van der Waals surface area contributed by atoms with Gasteiger partial charge in [-0.15, -0.1) is 0 Å². The van der Waals surface area contributed by atoms with E-state index in [0.717, 1.165) is 17.5 Å². The summed E-state index contributed by atoms with van der Waals surface area (Å²) < 4.78 is 16.1. The minimum Gasteiger partial charge on any atom is -0.493 e. The van der Waals surface area contributed by atoms with E-state index in [1.54, 1.807) is 33.5 Å². The van der Waals surface area contributed by atoms with E-state index in [2.05, 4.69) is 24.4 Å². The first kappa shape index (κ1) is 20.4. The second-order valence-electron chi connectivity index (χ2n) is 6.08. The van der Waals surface area contributed by atoms with Crippen molar-refractivity contribution in [3.8, 4) is 17.2 Å². The van der Waals surface area contributed by atoms with Crippen LogP contribution in [0.2, 0.25) is 0 Å². The maximum absolute atomic E-state index is 12.3. The van der Waals surface area contributed by atoms with E-state index in [1.807, 2.05) is 25.1 Å². The molecule has 5 nitrogen and oxygen atoms in total. The molecule has 0 bridgehead atoms. The van der Waals surface area contributed by atoms with E-state index in [9.17, 15) is 4.79 Å². The van der Waals surface area contributed by atoms with Gasteiger partial charge in [0, 0.05) is 11.6 Å². The first-order valence-electron chi connectivity index (χ1n) is 8.90. The van der Waals surface area contributed by atoms with Crippen molar-refractivity contribution in [1.82, 2.24) is 5.32 Å². The van der Waals surface area contributed by atoms with Gasteiger partial charge in [-0.2, -0.15) is 0 Å². The fourth-order valence-corrected chi connectivity index (χ4v) is 2.81. The molecule has 0 aliphatic rings. The normalized spacial score (nSPS) is 11.9. The largest absolute Gasteiger partial charge is 0.493 e. The van der Waals surface area contributed by atoms with Crippen LogP contribution in [0.4, 0.5) is 0 Å². The smallest absolute Gasteiger partial charge is 0.244 e. The molecule has 1 N–H and O–H groups in total. The third kappa shape index (κ3) is 5.03. The third-order valence-electron chi connectivity index (χ3n) is 4.40. The maximum Gasteiger partial charge on any atom is 0.244 e. The highest BCUT2D eigenvalue weighted by atomic mass is 16.5. The highest BCUT2D eigenvalue weighted by molar-refractivity contribution is 5.92. The van der Waals surface area contributed by atoms with Gasteiger partial charge in [-0.3, -0.25) is 4.79 Å². The van der Waals surface area contributed by atoms with Crippen molar-refractivity contribution in [1.29, 1.82) is 0 Å². The zero-order chi connectivity index (χ0) is 19.8. The second kappa shape index (κ2) is 9.67. The van der Waals surface area contributed by atoms with Crippen molar-refractivity contribution in [3.05, 3.63) is 59.2 Å². The summed E-state index contributed by atoms with van der Waals surface area (Å²) in [6.07, 6.45) is 4.18. The van der Waals surface area contributed by atoms with Gasteiger partial charge in [-0.1, -0.05) is 31.2 Å². The lowest BCUT2D eigenvalue weighted by Crippen LogP contribution is -2.24. The molecule has 0 aliphatic carbocycles. The van der Waals surface area contributed by atoms with Gasteiger partial charge in [0.25, 0.3) is 0 Å². The molecule has 0 heterocycles. The molecule has 0 saturated heterocycles. The molecule has 2 aromatic rings. The molecule has 27 heavy (non-hydrogen) atoms. The molecule has 0 saturated carbocycles. The fraction of sp³-hybridized carbons (Fsp3) is 0.318. The Morgan fingerprint density at radius 1 is 1.00 bits per heavy atom. The van der Waals surface area contributed by atoms with E-state index < -0.39 is 0 Å². The summed E-state index contributed by atoms with van der Waals surface area (Å²) >= 11 is 0. The lowest BCUT2D eigenvalue weighted by molar-refractivity contribution is -0.117. The molecule has 1 amide bonds. The SMILES string of the molecule is CCc1ccc([C@H](C)NC(=O)/C=C/c2ccc(OC)c(OC)c2OC)cc1. The number of nitrogens with one attached hydrogen (secondary N) is 1. The predicted molar refractivity (Wildman–Crippen MR) is 108 cm³/mol. The molecule has 2 rings (SSSR count). The number of aryl methyl sites for hydroxylation is 1. The molecule has 0 unspecified atom stereocenters. The van der Waals surface area contributed by atoms with Crippen LogP contribution in [0.5, 0.6) is 17.2 Å². The van der Waals surface area contributed by atoms with Gasteiger partial charge >= 0.3 is 0 Å². The number of hydrogen-bond acceptors (Lipinski definition) is 4. The summed E-state index contributed by atoms with van der Waals surface area (Å²) in [4.78, 5) is 12.3. The van der Waals surface area contributed by atoms with Crippen LogP contribution < -0.4 is 19.5 Å². The summed E-state index contributed by atoms with van der Waals surface area (Å²) in [6, 6.07) is 11.8. The van der Waals surface area contributed by atoms with E-state index in [0.29, 0.717) is 17.2 Å². The summed E-state index contributed by atoms with van der Waals surface area (Å²) in [5, 5.41) is 2.97. The Morgan fingerprint density at radius 2 is 1.67 bits per heavy atom. The predicted octanol–water partition coefficient (Wildman–Crippen LogP) is 4.17. The Labute approximate surface area is 161 Å². The molecule has 144 valence electrons. The number of amides is 1. The monoisotopic (exact) mass is 369 g/mol. The van der Waals surface area contributed by atoms with Crippen LogP contribution in [-0.2, 0) is 11.2 Å². The van der Waals surface area contributed by atoms with Crippen LogP contribution in [-0.4, -0.2) is 27.2 Å². The molecule has 1 atom stereocenters. The van der Waals surface area contributed by atoms with Crippen LogP contribution in [0.25, 0.3) is 6.08 Å². The Kier molecular flexibility index (Phi) is 7.29. The Balaban J connectivity index is 2.11. The van der Waals surface area contributed by atoms with Gasteiger partial charge in [-0.05, 0) is 42.7 Å². The zero-order valence-electron chi connectivity index (χ0n) is 16.5. The van der Waals surface area contributed by atoms with E-state index in [-0.39, 0.29) is 11.9 Å². The Morgan fingerprint density at radius 3 is 2.22 bits per heavy atom. The average Bonchev–Trinajstić information content (AvgIpc) is 2.71. The summed E-state index contributed by atoms with van der Waals surface area (Å²) in [5.41, 5.74) is 3.07. The number of benzene rings is 2. The van der Waals surface area contributed by atoms with E-state index in [1.165, 1.54) is 11.6 Å². The maximum atomic E-state index is 12.3. The van der Waals surface area contributed by atoms with Gasteiger partial charge in [-0.25, -0.2) is 0 Å². The molecule has 2 aromatic carbocycles. The van der Waals surface area contributed by atoms with Crippen molar-refractivity contribution < 1.29 is 19.0 Å². The minimum absolute atomic E-state index is 0.0830. The first-order chi connectivity index (χ1) is 13.0. The van der Waals surface area contributed by atoms with Gasteiger partial charge in [0.05, 0.1) is 27.4 Å². The molecule has 0 radical (unpaired) electrons. The Bertz CT molecular complexity index is 797. The number of carbonyl (C=O) groups is 1. The molecule has 0 aromatic heterocycles. The van der Waals surface area contributed by atoms with Crippen molar-refractivity contribution in [3.63, 3.8) is 0 Å². The van der Waals surface area contributed by atoms with Gasteiger partial charge in [0.2, 0.25) is 11.7 Å². The first-order valence-corrected chi connectivity index (χ1v) is 8.90. The highest BCUT2D eigenvalue weighted by Gasteiger charge is 2.14. The average molecular weight is 369 g/mol. The number of hydrogen-bond donors (Lipinski definition) is 1. The topological polar surface area (TPSA) is 56.8 Å². The van der Waals surface area contributed by atoms with Gasteiger partial charge < -0.3 is 19.5 Å². The lowest BCUT2D eigenvalue weighted by atomic mass is 10.0. The van der Waals surface area contributed by atoms with Gasteiger partial charge in [0.1, 0.15) is 0 Å². The standard InChI is InChI=1S/C22H27NO4/c1-6-16-7-9-17(10-8-16)15(2)23-20(24)14-12-18-11-13-19(25-3)22(27-5)21(18)26-4/h7-15H,6H2,1-5H3,(H,23,24)/b14-12+/t15-/m0/s1. The molecular formula is C22H27NO4. The van der Waals surface area contributed by atoms with Gasteiger partial charge in [0.15, 0.2) is 11.5 Å². The van der Waals surface area contributed by atoms with Crippen LogP contribution in [0.15, 0.2) is 42.5 Å². The number of carbonyl (C=O) groups excluding carboxylic acids is 1. The lowest BCUT2D eigenvalue weighted by Gasteiger charge is -2.15. The quantitative estimate of drug-likeness (QED) is 0.710. The minimum atomic E-state index is -0.182. The van der Waals surface area contributed by atoms with E-state index in [4.69, 9.17) is 14.2 Å². The zero-order valence-corrected chi connectivity index (χ0v) is 16.5. The number of methoxy groups -OCH3 is 3. The molecule has 0 spiro atoms. The van der Waals surface area contributed by atoms with Crippen LogP contribution in [0.3, 0.4) is 0 Å². The Hall–Kier alpha value is -2.95. The summed E-state index contributed by atoms with van der Waals surface area (Å²) in [6.45, 7) is 4.08. The molecule has 0 aliphatic heterocycles. The molecule has 0 fully saturated rings. The van der Waals surface area contributed by atoms with Crippen molar-refractivity contribution in [2.75, 3.05) is 21.3 Å². The summed E-state index contributed by atoms with van der Waals surface area (Å²) in [5.74, 6) is 1.40. The van der Waals surface area contributed by atoms with Crippen molar-refractivity contribution in [2.24, 2.45) is 0 Å². The van der Waals surface area contributed by atoms with Crippen molar-refractivity contribution in [2.45, 2.75) is 26.3 Å². The number of rotatable bonds is 8. The highest BCUT2D eigenvalue weighted by Crippen LogP contribution is 2.40.